The van der Waals surface area contributed by atoms with Crippen LogP contribution in [0.4, 0.5) is 0 Å². The smallest absolute Gasteiger partial charge is 0.119 e. The highest BCUT2D eigenvalue weighted by atomic mass is 16.5. The highest BCUT2D eigenvalue weighted by molar-refractivity contribution is 5.34. The van der Waals surface area contributed by atoms with E-state index in [1.165, 1.54) is 0 Å². The third-order valence-electron chi connectivity index (χ3n) is 1.72. The summed E-state index contributed by atoms with van der Waals surface area (Å²) >= 11 is 0. The molecule has 0 unspecified atom stereocenters. The maximum atomic E-state index is 8.58. The van der Waals surface area contributed by atoms with E-state index < -0.39 is 0 Å². The molecule has 3 heteroatoms. The van der Waals surface area contributed by atoms with Crippen molar-refractivity contribution in [1.82, 2.24) is 0 Å². The molecular weight excluding hydrogens is 190 g/mol. The first kappa shape index (κ1) is 11.3. The predicted octanol–water partition coefficient (Wildman–Crippen LogP) is 2.14. The summed E-state index contributed by atoms with van der Waals surface area (Å²) in [6.45, 7) is 5.11. The van der Waals surface area contributed by atoms with Gasteiger partial charge in [-0.1, -0.05) is 6.08 Å². The van der Waals surface area contributed by atoms with Gasteiger partial charge >= 0.3 is 0 Å². The number of hydrogen-bond acceptors (Lipinski definition) is 3. The lowest BCUT2D eigenvalue weighted by molar-refractivity contribution is 0.121. The van der Waals surface area contributed by atoms with Gasteiger partial charge in [0.1, 0.15) is 12.4 Å². The van der Waals surface area contributed by atoms with E-state index in [1.807, 2.05) is 6.07 Å². The molecule has 0 aliphatic carbocycles. The number of nitriles is 1. The summed E-state index contributed by atoms with van der Waals surface area (Å²) in [5.41, 5.74) is 0.630. The highest BCUT2D eigenvalue weighted by Gasteiger charge is 1.94. The van der Waals surface area contributed by atoms with Crippen molar-refractivity contribution in [1.29, 1.82) is 5.26 Å². The van der Waals surface area contributed by atoms with Gasteiger partial charge < -0.3 is 9.47 Å². The summed E-state index contributed by atoms with van der Waals surface area (Å²) in [7, 11) is 0. The van der Waals surface area contributed by atoms with Crippen LogP contribution in [-0.4, -0.2) is 19.8 Å². The van der Waals surface area contributed by atoms with Gasteiger partial charge in [0, 0.05) is 0 Å². The number of ether oxygens (including phenoxy) is 2. The van der Waals surface area contributed by atoms with Gasteiger partial charge in [0.15, 0.2) is 0 Å². The molecule has 0 fully saturated rings. The lowest BCUT2D eigenvalue weighted by Crippen LogP contribution is -2.06. The van der Waals surface area contributed by atoms with Crippen molar-refractivity contribution in [2.75, 3.05) is 19.8 Å². The van der Waals surface area contributed by atoms with Crippen molar-refractivity contribution in [2.24, 2.45) is 0 Å². The molecule has 15 heavy (non-hydrogen) atoms. The summed E-state index contributed by atoms with van der Waals surface area (Å²) < 4.78 is 10.5. The Morgan fingerprint density at radius 1 is 1.27 bits per heavy atom. The molecule has 0 radical (unpaired) electrons. The molecule has 0 amide bonds. The third-order valence-corrected chi connectivity index (χ3v) is 1.72. The average molecular weight is 203 g/mol. The van der Waals surface area contributed by atoms with E-state index >= 15 is 0 Å². The summed E-state index contributed by atoms with van der Waals surface area (Å²) in [6, 6.07) is 9.03. The first-order chi connectivity index (χ1) is 7.36. The van der Waals surface area contributed by atoms with Crippen molar-refractivity contribution < 1.29 is 9.47 Å². The van der Waals surface area contributed by atoms with Gasteiger partial charge in [-0.2, -0.15) is 5.26 Å². The zero-order valence-electron chi connectivity index (χ0n) is 8.48. The van der Waals surface area contributed by atoms with Gasteiger partial charge in [-0.3, -0.25) is 0 Å². The molecule has 78 valence electrons. The zero-order valence-corrected chi connectivity index (χ0v) is 8.48. The Hall–Kier alpha value is -1.79. The molecule has 1 rings (SSSR count). The Morgan fingerprint density at radius 3 is 2.60 bits per heavy atom. The van der Waals surface area contributed by atoms with Gasteiger partial charge in [-0.15, -0.1) is 6.58 Å². The van der Waals surface area contributed by atoms with E-state index in [-0.39, 0.29) is 0 Å². The van der Waals surface area contributed by atoms with Crippen molar-refractivity contribution in [3.63, 3.8) is 0 Å². The van der Waals surface area contributed by atoms with Crippen LogP contribution in [0.1, 0.15) is 5.56 Å². The lowest BCUT2D eigenvalue weighted by atomic mass is 10.2. The second kappa shape index (κ2) is 6.63. The average Bonchev–Trinajstić information content (AvgIpc) is 2.30. The van der Waals surface area contributed by atoms with Crippen LogP contribution < -0.4 is 4.74 Å². The predicted molar refractivity (Wildman–Crippen MR) is 57.7 cm³/mol. The van der Waals surface area contributed by atoms with E-state index in [9.17, 15) is 0 Å². The van der Waals surface area contributed by atoms with Crippen LogP contribution in [0.5, 0.6) is 5.75 Å². The second-order valence-corrected chi connectivity index (χ2v) is 2.85. The van der Waals surface area contributed by atoms with Crippen LogP contribution in [0, 0.1) is 11.3 Å². The van der Waals surface area contributed by atoms with Crippen LogP contribution in [0.3, 0.4) is 0 Å². The maximum Gasteiger partial charge on any atom is 0.119 e. The Balaban J connectivity index is 2.26. The fourth-order valence-electron chi connectivity index (χ4n) is 1.01. The Labute approximate surface area is 89.6 Å². The summed E-state index contributed by atoms with van der Waals surface area (Å²) in [5.74, 6) is 0.746. The van der Waals surface area contributed by atoms with E-state index in [0.717, 1.165) is 5.75 Å². The van der Waals surface area contributed by atoms with Crippen molar-refractivity contribution in [3.8, 4) is 11.8 Å². The minimum atomic E-state index is 0.500. The Morgan fingerprint density at radius 2 is 2.00 bits per heavy atom. The van der Waals surface area contributed by atoms with Gasteiger partial charge in [0.05, 0.1) is 24.8 Å². The third kappa shape index (κ3) is 4.30. The molecule has 0 spiro atoms. The van der Waals surface area contributed by atoms with Crippen molar-refractivity contribution >= 4 is 0 Å². The topological polar surface area (TPSA) is 42.2 Å². The zero-order chi connectivity index (χ0) is 10.9. The van der Waals surface area contributed by atoms with E-state index in [4.69, 9.17) is 14.7 Å². The first-order valence-electron chi connectivity index (χ1n) is 4.68. The molecule has 0 saturated carbocycles. The highest BCUT2D eigenvalue weighted by Crippen LogP contribution is 2.10. The minimum absolute atomic E-state index is 0.500. The van der Waals surface area contributed by atoms with E-state index in [0.29, 0.717) is 25.4 Å². The molecule has 0 N–H and O–H groups in total. The molecule has 0 aliphatic rings. The van der Waals surface area contributed by atoms with Crippen LogP contribution in [0.2, 0.25) is 0 Å². The molecule has 0 aromatic heterocycles. The molecular formula is C12H13NO2. The molecule has 0 bridgehead atoms. The minimum Gasteiger partial charge on any atom is -0.491 e. The maximum absolute atomic E-state index is 8.58. The quantitative estimate of drug-likeness (QED) is 0.525. The van der Waals surface area contributed by atoms with Gasteiger partial charge in [-0.05, 0) is 24.3 Å². The van der Waals surface area contributed by atoms with Gasteiger partial charge in [-0.25, -0.2) is 0 Å². The molecule has 1 aromatic carbocycles. The van der Waals surface area contributed by atoms with Gasteiger partial charge in [0.2, 0.25) is 0 Å². The fourth-order valence-corrected chi connectivity index (χ4v) is 1.01. The fraction of sp³-hybridized carbons (Fsp3) is 0.250. The summed E-state index contributed by atoms with van der Waals surface area (Å²) in [6.07, 6.45) is 1.70. The van der Waals surface area contributed by atoms with Crippen molar-refractivity contribution in [3.05, 3.63) is 42.5 Å². The van der Waals surface area contributed by atoms with Gasteiger partial charge in [0.25, 0.3) is 0 Å². The van der Waals surface area contributed by atoms with Crippen molar-refractivity contribution in [2.45, 2.75) is 0 Å². The van der Waals surface area contributed by atoms with E-state index in [2.05, 4.69) is 6.58 Å². The molecule has 0 heterocycles. The molecule has 0 atom stereocenters. The molecule has 0 aliphatic heterocycles. The molecule has 1 aromatic rings. The normalized spacial score (nSPS) is 9.27. The monoisotopic (exact) mass is 203 g/mol. The first-order valence-corrected chi connectivity index (χ1v) is 4.68. The van der Waals surface area contributed by atoms with Crippen LogP contribution >= 0.6 is 0 Å². The lowest BCUT2D eigenvalue weighted by Gasteiger charge is -2.05. The summed E-state index contributed by atoms with van der Waals surface area (Å²) in [5, 5.41) is 8.58. The standard InChI is InChI=1S/C12H13NO2/c1-2-7-14-8-9-15-12-5-3-11(10-13)4-6-12/h2-6H,1,7-9H2. The number of benzene rings is 1. The Bertz CT molecular complexity index is 338. The molecule has 3 nitrogen and oxygen atoms in total. The number of rotatable bonds is 6. The Kier molecular flexibility index (Phi) is 4.99. The second-order valence-electron chi connectivity index (χ2n) is 2.85. The van der Waals surface area contributed by atoms with E-state index in [1.54, 1.807) is 30.3 Å². The van der Waals surface area contributed by atoms with Crippen LogP contribution in [0.25, 0.3) is 0 Å². The largest absolute Gasteiger partial charge is 0.491 e. The SMILES string of the molecule is C=CCOCCOc1ccc(C#N)cc1. The number of nitrogens with zero attached hydrogens (tertiary/aromatic N) is 1. The molecule has 0 saturated heterocycles. The summed E-state index contributed by atoms with van der Waals surface area (Å²) in [4.78, 5) is 0. The number of hydrogen-bond donors (Lipinski definition) is 0. The van der Waals surface area contributed by atoms with Crippen LogP contribution in [0.15, 0.2) is 36.9 Å². The van der Waals surface area contributed by atoms with Crippen LogP contribution in [-0.2, 0) is 4.74 Å².